The molecule has 0 bridgehead atoms. The third kappa shape index (κ3) is 4.08. The van der Waals surface area contributed by atoms with Gasteiger partial charge in [-0.05, 0) is 30.3 Å². The Hall–Kier alpha value is -2.38. The number of carbonyl (C=O) groups is 3. The summed E-state index contributed by atoms with van der Waals surface area (Å²) < 4.78 is 0. The minimum atomic E-state index is -0.964. The summed E-state index contributed by atoms with van der Waals surface area (Å²) in [7, 11) is 0. The summed E-state index contributed by atoms with van der Waals surface area (Å²) in [6.45, 7) is 5.05. The smallest absolute Gasteiger partial charge is 0.270 e. The summed E-state index contributed by atoms with van der Waals surface area (Å²) in [6.07, 6.45) is 3.09. The van der Waals surface area contributed by atoms with E-state index in [0.717, 1.165) is 22.2 Å². The summed E-state index contributed by atoms with van der Waals surface area (Å²) in [6, 6.07) is 8.22. The largest absolute Gasteiger partial charge is 0.294 e. The van der Waals surface area contributed by atoms with Crippen LogP contribution in [0.5, 0.6) is 0 Å². The molecule has 1 N–H and O–H groups in total. The normalized spacial score (nSPS) is 17.4. The van der Waals surface area contributed by atoms with Gasteiger partial charge in [0, 0.05) is 0 Å². The minimum Gasteiger partial charge on any atom is -0.270 e. The molecular weight excluding hydrogens is 316 g/mol. The summed E-state index contributed by atoms with van der Waals surface area (Å²) in [5.74, 6) is -1.06. The molecule has 7 heteroatoms. The molecule has 1 aromatic rings. The van der Waals surface area contributed by atoms with Crippen LogP contribution in [0.3, 0.4) is 0 Å². The Morgan fingerprint density at radius 2 is 2.09 bits per heavy atom. The van der Waals surface area contributed by atoms with Gasteiger partial charge in [0.05, 0.1) is 11.5 Å². The molecule has 6 nitrogen and oxygen atoms in total. The molecule has 1 aliphatic rings. The van der Waals surface area contributed by atoms with Gasteiger partial charge in [-0.15, -0.1) is 6.58 Å². The van der Waals surface area contributed by atoms with E-state index in [9.17, 15) is 14.4 Å². The predicted molar refractivity (Wildman–Crippen MR) is 88.0 cm³/mol. The molecule has 0 aromatic heterocycles. The average Bonchev–Trinajstić information content (AvgIpc) is 2.82. The molecule has 1 aromatic carbocycles. The highest BCUT2D eigenvalue weighted by Gasteiger charge is 2.40. The first-order chi connectivity index (χ1) is 11.0. The van der Waals surface area contributed by atoms with Gasteiger partial charge in [-0.1, -0.05) is 36.4 Å². The second-order valence-corrected chi connectivity index (χ2v) is 5.70. The van der Waals surface area contributed by atoms with E-state index in [1.165, 1.54) is 13.0 Å². The lowest BCUT2D eigenvalue weighted by atomic mass is 10.2. The zero-order chi connectivity index (χ0) is 16.8. The molecular formula is C16H16N2O4S. The van der Waals surface area contributed by atoms with Gasteiger partial charge in [0.1, 0.15) is 6.04 Å². The van der Waals surface area contributed by atoms with Gasteiger partial charge in [-0.3, -0.25) is 24.1 Å². The fraction of sp³-hybridized carbons (Fsp3) is 0.188. The van der Waals surface area contributed by atoms with Gasteiger partial charge in [0.15, 0.2) is 0 Å². The molecule has 0 spiro atoms. The third-order valence-electron chi connectivity index (χ3n) is 3.06. The number of thioether (sulfide) groups is 1. The fourth-order valence-corrected chi connectivity index (χ4v) is 2.80. The number of hydrogen-bond donors (Lipinski definition) is 1. The maximum Gasteiger partial charge on any atom is 0.294 e. The van der Waals surface area contributed by atoms with Crippen molar-refractivity contribution >= 4 is 34.9 Å². The maximum absolute atomic E-state index is 12.4. The summed E-state index contributed by atoms with van der Waals surface area (Å²) in [5.41, 5.74) is 2.99. The monoisotopic (exact) mass is 332 g/mol. The van der Waals surface area contributed by atoms with Gasteiger partial charge in [0.25, 0.3) is 17.1 Å². The lowest BCUT2D eigenvalue weighted by molar-refractivity contribution is -0.140. The van der Waals surface area contributed by atoms with Gasteiger partial charge in [-0.25, -0.2) is 5.48 Å². The van der Waals surface area contributed by atoms with Gasteiger partial charge >= 0.3 is 0 Å². The van der Waals surface area contributed by atoms with Crippen LogP contribution in [0.2, 0.25) is 0 Å². The Balaban J connectivity index is 2.10. The second kappa shape index (κ2) is 7.75. The number of carbonyl (C=O) groups excluding carboxylic acids is 3. The molecule has 1 atom stereocenters. The SMILES string of the molecule is C=CCONC(=O)C(C)N1C(=O)S/C(=C\c2ccccc2)C1=O. The first-order valence-electron chi connectivity index (χ1n) is 6.89. The molecule has 1 aliphatic heterocycles. The highest BCUT2D eigenvalue weighted by Crippen LogP contribution is 2.33. The Morgan fingerprint density at radius 1 is 1.39 bits per heavy atom. The molecule has 1 heterocycles. The lowest BCUT2D eigenvalue weighted by Gasteiger charge is -2.20. The van der Waals surface area contributed by atoms with Crippen molar-refractivity contribution in [3.63, 3.8) is 0 Å². The topological polar surface area (TPSA) is 75.7 Å². The Kier molecular flexibility index (Phi) is 5.72. The zero-order valence-electron chi connectivity index (χ0n) is 12.5. The van der Waals surface area contributed by atoms with Crippen molar-refractivity contribution in [2.45, 2.75) is 13.0 Å². The van der Waals surface area contributed by atoms with Crippen molar-refractivity contribution in [1.29, 1.82) is 0 Å². The molecule has 0 radical (unpaired) electrons. The quantitative estimate of drug-likeness (QED) is 0.374. The molecule has 23 heavy (non-hydrogen) atoms. The number of hydrogen-bond acceptors (Lipinski definition) is 5. The van der Waals surface area contributed by atoms with Gasteiger partial charge < -0.3 is 0 Å². The van der Waals surface area contributed by atoms with Gasteiger partial charge in [0.2, 0.25) is 0 Å². The van der Waals surface area contributed by atoms with Crippen molar-refractivity contribution in [2.75, 3.05) is 6.61 Å². The predicted octanol–water partition coefficient (Wildman–Crippen LogP) is 2.35. The van der Waals surface area contributed by atoms with E-state index in [0.29, 0.717) is 0 Å². The Bertz CT molecular complexity index is 657. The summed E-state index contributed by atoms with van der Waals surface area (Å²) >= 11 is 0.812. The first-order valence-corrected chi connectivity index (χ1v) is 7.71. The Labute approximate surface area is 138 Å². The van der Waals surface area contributed by atoms with Crippen LogP contribution in [0.15, 0.2) is 47.9 Å². The van der Waals surface area contributed by atoms with Crippen LogP contribution in [0.4, 0.5) is 4.79 Å². The molecule has 0 aliphatic carbocycles. The van der Waals surface area contributed by atoms with Crippen LogP contribution in [0.25, 0.3) is 6.08 Å². The van der Waals surface area contributed by atoms with Crippen molar-refractivity contribution in [2.24, 2.45) is 0 Å². The fourth-order valence-electron chi connectivity index (χ4n) is 1.89. The molecule has 3 amide bonds. The van der Waals surface area contributed by atoms with E-state index in [4.69, 9.17) is 4.84 Å². The minimum absolute atomic E-state index is 0.133. The van der Waals surface area contributed by atoms with Crippen LogP contribution < -0.4 is 5.48 Å². The van der Waals surface area contributed by atoms with Gasteiger partial charge in [-0.2, -0.15) is 0 Å². The molecule has 2 rings (SSSR count). The van der Waals surface area contributed by atoms with Crippen molar-refractivity contribution < 1.29 is 19.2 Å². The molecule has 1 fully saturated rings. The number of nitrogens with one attached hydrogen (secondary N) is 1. The highest BCUT2D eigenvalue weighted by molar-refractivity contribution is 8.18. The van der Waals surface area contributed by atoms with Crippen LogP contribution in [-0.4, -0.2) is 34.6 Å². The lowest BCUT2D eigenvalue weighted by Crippen LogP contribution is -2.47. The van der Waals surface area contributed by atoms with Crippen LogP contribution in [0, 0.1) is 0 Å². The van der Waals surface area contributed by atoms with Crippen LogP contribution in [-0.2, 0) is 14.4 Å². The molecule has 0 saturated carbocycles. The van der Waals surface area contributed by atoms with Crippen molar-refractivity contribution in [3.05, 3.63) is 53.5 Å². The number of imide groups is 1. The van der Waals surface area contributed by atoms with Crippen molar-refractivity contribution in [1.82, 2.24) is 10.4 Å². The number of rotatable bonds is 6. The average molecular weight is 332 g/mol. The van der Waals surface area contributed by atoms with E-state index < -0.39 is 23.1 Å². The summed E-state index contributed by atoms with van der Waals surface area (Å²) in [5, 5.41) is -0.483. The van der Waals surface area contributed by atoms with Crippen LogP contribution in [0.1, 0.15) is 12.5 Å². The molecule has 1 unspecified atom stereocenters. The molecule has 120 valence electrons. The zero-order valence-corrected chi connectivity index (χ0v) is 13.3. The van der Waals surface area contributed by atoms with Crippen molar-refractivity contribution in [3.8, 4) is 0 Å². The highest BCUT2D eigenvalue weighted by atomic mass is 32.2. The maximum atomic E-state index is 12.4. The number of nitrogens with zero attached hydrogens (tertiary/aromatic N) is 1. The third-order valence-corrected chi connectivity index (χ3v) is 3.95. The standard InChI is InChI=1S/C16H16N2O4S/c1-3-9-22-17-14(19)11(2)18-15(20)13(23-16(18)21)10-12-7-5-4-6-8-12/h3-8,10-11H,1,9H2,2H3,(H,17,19)/b13-10-. The van der Waals surface area contributed by atoms with E-state index in [1.54, 1.807) is 6.08 Å². The number of hydroxylamine groups is 1. The number of benzene rings is 1. The number of amides is 3. The van der Waals surface area contributed by atoms with Crippen LogP contribution >= 0.6 is 11.8 Å². The van der Waals surface area contributed by atoms with E-state index in [2.05, 4.69) is 12.1 Å². The van der Waals surface area contributed by atoms with E-state index >= 15 is 0 Å². The summed E-state index contributed by atoms with van der Waals surface area (Å²) in [4.78, 5) is 42.4. The second-order valence-electron chi connectivity index (χ2n) is 4.70. The van der Waals surface area contributed by atoms with E-state index in [-0.39, 0.29) is 11.5 Å². The Morgan fingerprint density at radius 3 is 2.74 bits per heavy atom. The van der Waals surface area contributed by atoms with E-state index in [1.807, 2.05) is 30.3 Å². The first kappa shape index (κ1) is 17.0. The molecule has 1 saturated heterocycles.